The van der Waals surface area contributed by atoms with Gasteiger partial charge in [0.2, 0.25) is 5.91 Å². The average molecular weight is 412 g/mol. The van der Waals surface area contributed by atoms with Crippen LogP contribution in [0.25, 0.3) is 0 Å². The van der Waals surface area contributed by atoms with Crippen LogP contribution < -0.4 is 10.6 Å². The summed E-state index contributed by atoms with van der Waals surface area (Å²) in [4.78, 5) is 36.5. The van der Waals surface area contributed by atoms with Gasteiger partial charge < -0.3 is 20.1 Å². The molecule has 160 valence electrons. The van der Waals surface area contributed by atoms with Gasteiger partial charge in [0, 0.05) is 0 Å². The van der Waals surface area contributed by atoms with Crippen molar-refractivity contribution in [2.45, 2.75) is 39.5 Å². The molecule has 0 aliphatic rings. The van der Waals surface area contributed by atoms with E-state index < -0.39 is 24.0 Å². The molecule has 7 heteroatoms. The molecule has 0 aliphatic heterocycles. The molecule has 0 aliphatic carbocycles. The predicted octanol–water partition coefficient (Wildman–Crippen LogP) is 3.19. The van der Waals surface area contributed by atoms with Crippen molar-refractivity contribution in [3.05, 3.63) is 71.8 Å². The molecular weight excluding hydrogens is 384 g/mol. The molecule has 0 spiro atoms. The van der Waals surface area contributed by atoms with E-state index in [1.54, 1.807) is 0 Å². The lowest BCUT2D eigenvalue weighted by atomic mass is 10.0. The van der Waals surface area contributed by atoms with Gasteiger partial charge in [-0.3, -0.25) is 9.59 Å². The van der Waals surface area contributed by atoms with E-state index >= 15 is 0 Å². The number of alkyl carbamates (subject to hydrolysis) is 1. The molecule has 0 fully saturated rings. The van der Waals surface area contributed by atoms with E-state index in [4.69, 9.17) is 9.47 Å². The van der Waals surface area contributed by atoms with Gasteiger partial charge in [0.15, 0.2) is 0 Å². The second-order valence-electron chi connectivity index (χ2n) is 7.25. The minimum atomic E-state index is -0.810. The second kappa shape index (κ2) is 12.3. The molecule has 1 atom stereocenters. The van der Waals surface area contributed by atoms with Crippen LogP contribution in [0.3, 0.4) is 0 Å². The number of ether oxygens (including phenoxy) is 2. The highest BCUT2D eigenvalue weighted by molar-refractivity contribution is 5.88. The van der Waals surface area contributed by atoms with Crippen molar-refractivity contribution in [3.63, 3.8) is 0 Å². The van der Waals surface area contributed by atoms with Crippen molar-refractivity contribution in [2.24, 2.45) is 5.92 Å². The Morgan fingerprint density at radius 1 is 0.833 bits per heavy atom. The van der Waals surface area contributed by atoms with E-state index in [0.29, 0.717) is 6.42 Å². The molecule has 0 saturated carbocycles. The van der Waals surface area contributed by atoms with Crippen LogP contribution in [-0.4, -0.2) is 30.6 Å². The highest BCUT2D eigenvalue weighted by Crippen LogP contribution is 2.07. The summed E-state index contributed by atoms with van der Waals surface area (Å²) in [7, 11) is 0. The van der Waals surface area contributed by atoms with Gasteiger partial charge >= 0.3 is 12.1 Å². The van der Waals surface area contributed by atoms with Crippen molar-refractivity contribution in [2.75, 3.05) is 6.54 Å². The number of amides is 2. The zero-order valence-corrected chi connectivity index (χ0v) is 17.3. The number of nitrogens with one attached hydrogen (secondary N) is 2. The third-order valence-electron chi connectivity index (χ3n) is 4.18. The zero-order chi connectivity index (χ0) is 21.8. The number of carbonyl (C=O) groups excluding carboxylic acids is 3. The zero-order valence-electron chi connectivity index (χ0n) is 17.3. The van der Waals surface area contributed by atoms with Gasteiger partial charge in [0.25, 0.3) is 0 Å². The Balaban J connectivity index is 1.78. The summed E-state index contributed by atoms with van der Waals surface area (Å²) in [6.07, 6.45) is -0.281. The molecule has 0 radical (unpaired) electrons. The van der Waals surface area contributed by atoms with Crippen LogP contribution in [0.15, 0.2) is 60.7 Å². The third-order valence-corrected chi connectivity index (χ3v) is 4.18. The molecule has 2 aromatic rings. The largest absolute Gasteiger partial charge is 0.460 e. The van der Waals surface area contributed by atoms with E-state index in [2.05, 4.69) is 10.6 Å². The Morgan fingerprint density at radius 3 is 1.90 bits per heavy atom. The molecule has 2 amide bonds. The van der Waals surface area contributed by atoms with Gasteiger partial charge in [-0.05, 0) is 23.5 Å². The Bertz CT molecular complexity index is 809. The molecule has 7 nitrogen and oxygen atoms in total. The van der Waals surface area contributed by atoms with E-state index in [1.165, 1.54) is 0 Å². The molecule has 0 heterocycles. The first kappa shape index (κ1) is 22.9. The molecule has 2 N–H and O–H groups in total. The Kier molecular flexibility index (Phi) is 9.37. The number of esters is 1. The Morgan fingerprint density at radius 2 is 1.37 bits per heavy atom. The van der Waals surface area contributed by atoms with Crippen molar-refractivity contribution >= 4 is 18.0 Å². The Hall–Kier alpha value is -3.35. The van der Waals surface area contributed by atoms with Crippen molar-refractivity contribution < 1.29 is 23.9 Å². The van der Waals surface area contributed by atoms with Crippen LogP contribution in [0.2, 0.25) is 0 Å². The molecule has 0 unspecified atom stereocenters. The summed E-state index contributed by atoms with van der Waals surface area (Å²) in [5, 5.41) is 5.09. The van der Waals surface area contributed by atoms with Crippen LogP contribution in [0.4, 0.5) is 4.79 Å². The third kappa shape index (κ3) is 8.77. The van der Waals surface area contributed by atoms with Crippen LogP contribution >= 0.6 is 0 Å². The minimum absolute atomic E-state index is 0.106. The molecule has 2 aromatic carbocycles. The Labute approximate surface area is 176 Å². The highest BCUT2D eigenvalue weighted by atomic mass is 16.5. The monoisotopic (exact) mass is 412 g/mol. The molecule has 2 rings (SSSR count). The fourth-order valence-corrected chi connectivity index (χ4v) is 2.68. The molecule has 30 heavy (non-hydrogen) atoms. The van der Waals surface area contributed by atoms with Crippen molar-refractivity contribution in [1.29, 1.82) is 0 Å². The molecule has 0 saturated heterocycles. The molecule has 0 bridgehead atoms. The van der Waals surface area contributed by atoms with Gasteiger partial charge in [-0.1, -0.05) is 74.5 Å². The first-order valence-electron chi connectivity index (χ1n) is 9.88. The normalized spacial score (nSPS) is 11.4. The first-order chi connectivity index (χ1) is 14.4. The maximum Gasteiger partial charge on any atom is 0.408 e. The maximum absolute atomic E-state index is 12.5. The van der Waals surface area contributed by atoms with Gasteiger partial charge in [0.05, 0.1) is 0 Å². The summed E-state index contributed by atoms with van der Waals surface area (Å²) in [6.45, 7) is 3.83. The minimum Gasteiger partial charge on any atom is -0.460 e. The summed E-state index contributed by atoms with van der Waals surface area (Å²) in [5.74, 6) is -0.862. The van der Waals surface area contributed by atoms with Crippen molar-refractivity contribution in [1.82, 2.24) is 10.6 Å². The number of rotatable bonds is 10. The molecular formula is C23H28N2O5. The predicted molar refractivity (Wildman–Crippen MR) is 112 cm³/mol. The number of benzene rings is 2. The number of hydrogen-bond acceptors (Lipinski definition) is 5. The lowest BCUT2D eigenvalue weighted by Gasteiger charge is -2.19. The quantitative estimate of drug-likeness (QED) is 0.585. The highest BCUT2D eigenvalue weighted by Gasteiger charge is 2.23. The standard InChI is InChI=1S/C23H28N2O5/c1-17(2)13-20(25-23(28)30-16-19-11-7-4-8-12-19)22(27)24-14-21(26)29-15-18-9-5-3-6-10-18/h3-12,17,20H,13-16H2,1-2H3,(H,24,27)(H,25,28)/t20-/m1/s1. The average Bonchev–Trinajstić information content (AvgIpc) is 2.75. The lowest BCUT2D eigenvalue weighted by Crippen LogP contribution is -2.48. The topological polar surface area (TPSA) is 93.7 Å². The second-order valence-corrected chi connectivity index (χ2v) is 7.25. The van der Waals surface area contributed by atoms with Crippen LogP contribution in [0.1, 0.15) is 31.4 Å². The summed E-state index contributed by atoms with van der Waals surface area (Å²) < 4.78 is 10.3. The van der Waals surface area contributed by atoms with Crippen molar-refractivity contribution in [3.8, 4) is 0 Å². The lowest BCUT2D eigenvalue weighted by molar-refractivity contribution is -0.145. The SMILES string of the molecule is CC(C)C[C@@H](NC(=O)OCc1ccccc1)C(=O)NCC(=O)OCc1ccccc1. The van der Waals surface area contributed by atoms with Gasteiger partial charge in [-0.15, -0.1) is 0 Å². The van der Waals surface area contributed by atoms with E-state index in [0.717, 1.165) is 11.1 Å². The van der Waals surface area contributed by atoms with Crippen LogP contribution in [-0.2, 0) is 32.3 Å². The maximum atomic E-state index is 12.5. The first-order valence-corrected chi connectivity index (χ1v) is 9.88. The number of carbonyl (C=O) groups is 3. The summed E-state index contributed by atoms with van der Waals surface area (Å²) >= 11 is 0. The fourth-order valence-electron chi connectivity index (χ4n) is 2.68. The smallest absolute Gasteiger partial charge is 0.408 e. The van der Waals surface area contributed by atoms with Gasteiger partial charge in [-0.25, -0.2) is 4.79 Å². The number of hydrogen-bond donors (Lipinski definition) is 2. The fraction of sp³-hybridized carbons (Fsp3) is 0.348. The van der Waals surface area contributed by atoms with E-state index in [1.807, 2.05) is 74.5 Å². The van der Waals surface area contributed by atoms with E-state index in [-0.39, 0.29) is 25.7 Å². The molecule has 0 aromatic heterocycles. The summed E-state index contributed by atoms with van der Waals surface area (Å²) in [6, 6.07) is 17.7. The van der Waals surface area contributed by atoms with Gasteiger partial charge in [-0.2, -0.15) is 0 Å². The van der Waals surface area contributed by atoms with Gasteiger partial charge in [0.1, 0.15) is 25.8 Å². The van der Waals surface area contributed by atoms with Crippen LogP contribution in [0, 0.1) is 5.92 Å². The van der Waals surface area contributed by atoms with E-state index in [9.17, 15) is 14.4 Å². The summed E-state index contributed by atoms with van der Waals surface area (Å²) in [5.41, 5.74) is 1.70. The van der Waals surface area contributed by atoms with Crippen LogP contribution in [0.5, 0.6) is 0 Å².